The second kappa shape index (κ2) is 6.00. The minimum Gasteiger partial charge on any atom is -0.370 e. The predicted octanol–water partition coefficient (Wildman–Crippen LogP) is 1.16. The van der Waals surface area contributed by atoms with E-state index in [1.54, 1.807) is 0 Å². The number of benzene rings is 1. The van der Waals surface area contributed by atoms with Gasteiger partial charge in [0.1, 0.15) is 11.6 Å². The molecule has 5 nitrogen and oxygen atoms in total. The number of nitrogens with one attached hydrogen (secondary N) is 1. The van der Waals surface area contributed by atoms with Crippen molar-refractivity contribution in [3.63, 3.8) is 0 Å². The Kier molecular flexibility index (Phi) is 5.33. The summed E-state index contributed by atoms with van der Waals surface area (Å²) in [7, 11) is 0. The van der Waals surface area contributed by atoms with Gasteiger partial charge in [-0.25, -0.2) is 13.6 Å². The lowest BCUT2D eigenvalue weighted by Gasteiger charge is -2.18. The van der Waals surface area contributed by atoms with E-state index in [1.165, 1.54) is 6.07 Å². The normalized spacial score (nSPS) is 9.29. The van der Waals surface area contributed by atoms with Crippen molar-refractivity contribution in [2.24, 2.45) is 11.5 Å². The minimum absolute atomic E-state index is 0. The number of rotatable bonds is 2. The molecule has 0 heterocycles. The van der Waals surface area contributed by atoms with Gasteiger partial charge in [-0.2, -0.15) is 0 Å². The first-order chi connectivity index (χ1) is 7.43. The first-order valence-corrected chi connectivity index (χ1v) is 4.27. The van der Waals surface area contributed by atoms with Gasteiger partial charge in [0.25, 0.3) is 0 Å². The molecule has 0 aliphatic rings. The van der Waals surface area contributed by atoms with Crippen LogP contribution < -0.4 is 11.5 Å². The van der Waals surface area contributed by atoms with Crippen LogP contribution in [0.15, 0.2) is 18.2 Å². The number of amides is 2. The largest absolute Gasteiger partial charge is 0.370 e. The van der Waals surface area contributed by atoms with Crippen molar-refractivity contribution < 1.29 is 13.6 Å². The number of primary amides is 1. The van der Waals surface area contributed by atoms with E-state index in [9.17, 15) is 13.6 Å². The van der Waals surface area contributed by atoms with Gasteiger partial charge in [-0.1, -0.05) is 6.07 Å². The fraction of sp³-hybridized carbons (Fsp3) is 0.111. The Morgan fingerprint density at radius 2 is 1.76 bits per heavy atom. The number of hydrogen-bond donors (Lipinski definition) is 3. The molecule has 0 unspecified atom stereocenters. The van der Waals surface area contributed by atoms with Crippen LogP contribution in [0.2, 0.25) is 0 Å². The lowest BCUT2D eigenvalue weighted by atomic mass is 10.2. The SMILES string of the molecule is Cl.N=C(N)N(Cc1c(F)cccc1F)C(N)=O. The Morgan fingerprint density at radius 3 is 2.12 bits per heavy atom. The van der Waals surface area contributed by atoms with E-state index in [-0.39, 0.29) is 18.0 Å². The summed E-state index contributed by atoms with van der Waals surface area (Å²) in [5.41, 5.74) is 9.59. The summed E-state index contributed by atoms with van der Waals surface area (Å²) in [5.74, 6) is -2.32. The second-order valence-corrected chi connectivity index (χ2v) is 3.01. The molecule has 0 aliphatic heterocycles. The van der Waals surface area contributed by atoms with E-state index in [0.29, 0.717) is 4.90 Å². The maximum absolute atomic E-state index is 13.2. The molecule has 1 aromatic rings. The third-order valence-electron chi connectivity index (χ3n) is 1.93. The summed E-state index contributed by atoms with van der Waals surface area (Å²) < 4.78 is 26.4. The molecule has 17 heavy (non-hydrogen) atoms. The highest BCUT2D eigenvalue weighted by Crippen LogP contribution is 2.14. The van der Waals surface area contributed by atoms with E-state index in [0.717, 1.165) is 12.1 Å². The molecule has 5 N–H and O–H groups in total. The molecule has 0 spiro atoms. The molecule has 0 saturated heterocycles. The Bertz CT molecular complexity index is 407. The Hall–Kier alpha value is -1.89. The van der Waals surface area contributed by atoms with Crippen LogP contribution in [0.5, 0.6) is 0 Å². The minimum atomic E-state index is -1.05. The average Bonchev–Trinajstić information content (AvgIpc) is 2.15. The van der Waals surface area contributed by atoms with Gasteiger partial charge >= 0.3 is 6.03 Å². The number of nitrogens with zero attached hydrogens (tertiary/aromatic N) is 1. The summed E-state index contributed by atoms with van der Waals surface area (Å²) >= 11 is 0. The molecule has 94 valence electrons. The van der Waals surface area contributed by atoms with E-state index >= 15 is 0 Å². The van der Waals surface area contributed by atoms with Gasteiger partial charge in [-0.15, -0.1) is 12.4 Å². The van der Waals surface area contributed by atoms with Gasteiger partial charge in [0, 0.05) is 5.56 Å². The van der Waals surface area contributed by atoms with Crippen LogP contribution in [0.25, 0.3) is 0 Å². The number of carbonyl (C=O) groups is 1. The summed E-state index contributed by atoms with van der Waals surface area (Å²) in [6, 6.07) is 2.22. The highest BCUT2D eigenvalue weighted by Gasteiger charge is 2.18. The summed E-state index contributed by atoms with van der Waals surface area (Å²) in [6.45, 7) is -0.511. The average molecular weight is 265 g/mol. The van der Waals surface area contributed by atoms with Crippen LogP contribution in [0, 0.1) is 17.0 Å². The van der Waals surface area contributed by atoms with Crippen molar-refractivity contribution in [1.29, 1.82) is 5.41 Å². The zero-order valence-corrected chi connectivity index (χ0v) is 9.43. The van der Waals surface area contributed by atoms with Gasteiger partial charge in [0.2, 0.25) is 0 Å². The fourth-order valence-corrected chi connectivity index (χ4v) is 1.12. The fourth-order valence-electron chi connectivity index (χ4n) is 1.12. The van der Waals surface area contributed by atoms with Crippen LogP contribution in [0.1, 0.15) is 5.56 Å². The molecule has 0 fully saturated rings. The van der Waals surface area contributed by atoms with Gasteiger partial charge < -0.3 is 11.5 Å². The van der Waals surface area contributed by atoms with E-state index in [1.807, 2.05) is 0 Å². The molecule has 0 aromatic heterocycles. The standard InChI is InChI=1S/C9H10F2N4O.ClH/c10-6-2-1-3-7(11)5(6)4-15(8(12)13)9(14)16;/h1-3H,4H2,(H3,12,13)(H2,14,16);1H. The number of halogens is 3. The van der Waals surface area contributed by atoms with Crippen LogP contribution in [0.4, 0.5) is 13.6 Å². The second-order valence-electron chi connectivity index (χ2n) is 3.01. The van der Waals surface area contributed by atoms with Gasteiger partial charge in [-0.3, -0.25) is 10.3 Å². The molecule has 0 aliphatic carbocycles. The quantitative estimate of drug-likeness (QED) is 0.552. The zero-order valence-electron chi connectivity index (χ0n) is 8.61. The molecule has 0 radical (unpaired) electrons. The van der Waals surface area contributed by atoms with Crippen LogP contribution >= 0.6 is 12.4 Å². The van der Waals surface area contributed by atoms with Crippen LogP contribution in [-0.4, -0.2) is 16.9 Å². The van der Waals surface area contributed by atoms with Crippen molar-refractivity contribution >= 4 is 24.4 Å². The molecular weight excluding hydrogens is 254 g/mol. The summed E-state index contributed by atoms with van der Waals surface area (Å²) in [6.07, 6.45) is 0. The number of carbonyl (C=O) groups excluding carboxylic acids is 1. The number of nitrogens with two attached hydrogens (primary N) is 2. The molecule has 1 rings (SSSR count). The lowest BCUT2D eigenvalue weighted by molar-refractivity contribution is 0.227. The van der Waals surface area contributed by atoms with Crippen molar-refractivity contribution in [1.82, 2.24) is 4.90 Å². The maximum Gasteiger partial charge on any atom is 0.321 e. The molecular formula is C9H11ClF2N4O. The third kappa shape index (κ3) is 3.56. The molecule has 0 saturated carbocycles. The van der Waals surface area contributed by atoms with Crippen LogP contribution in [-0.2, 0) is 6.54 Å². The Morgan fingerprint density at radius 1 is 1.29 bits per heavy atom. The van der Waals surface area contributed by atoms with Crippen molar-refractivity contribution in [3.8, 4) is 0 Å². The number of urea groups is 1. The first-order valence-electron chi connectivity index (χ1n) is 4.27. The van der Waals surface area contributed by atoms with Gasteiger partial charge in [-0.05, 0) is 12.1 Å². The Labute approximate surface area is 102 Å². The van der Waals surface area contributed by atoms with Crippen molar-refractivity contribution in [2.75, 3.05) is 0 Å². The number of guanidine groups is 1. The highest BCUT2D eigenvalue weighted by molar-refractivity contribution is 5.92. The molecule has 1 aromatic carbocycles. The van der Waals surface area contributed by atoms with E-state index in [2.05, 4.69) is 0 Å². The van der Waals surface area contributed by atoms with Crippen molar-refractivity contribution in [3.05, 3.63) is 35.4 Å². The maximum atomic E-state index is 13.2. The molecule has 8 heteroatoms. The molecule has 0 bridgehead atoms. The van der Waals surface area contributed by atoms with Crippen molar-refractivity contribution in [2.45, 2.75) is 6.54 Å². The highest BCUT2D eigenvalue weighted by atomic mass is 35.5. The molecule has 0 atom stereocenters. The molecule has 2 amide bonds. The van der Waals surface area contributed by atoms with Gasteiger partial charge in [0.15, 0.2) is 5.96 Å². The van der Waals surface area contributed by atoms with Gasteiger partial charge in [0.05, 0.1) is 6.54 Å². The predicted molar refractivity (Wildman–Crippen MR) is 60.6 cm³/mol. The third-order valence-corrected chi connectivity index (χ3v) is 1.93. The smallest absolute Gasteiger partial charge is 0.321 e. The van der Waals surface area contributed by atoms with E-state index in [4.69, 9.17) is 16.9 Å². The summed E-state index contributed by atoms with van der Waals surface area (Å²) in [4.78, 5) is 11.4. The van der Waals surface area contributed by atoms with Crippen LogP contribution in [0.3, 0.4) is 0 Å². The first kappa shape index (κ1) is 15.1. The topological polar surface area (TPSA) is 96.2 Å². The Balaban J connectivity index is 0.00000256. The van der Waals surface area contributed by atoms with E-state index < -0.39 is 30.2 Å². The monoisotopic (exact) mass is 264 g/mol. The summed E-state index contributed by atoms with van der Waals surface area (Å²) in [5, 5.41) is 7.03. The lowest BCUT2D eigenvalue weighted by Crippen LogP contribution is -2.44. The number of hydrogen-bond acceptors (Lipinski definition) is 2. The zero-order chi connectivity index (χ0) is 12.3.